The first-order valence-corrected chi connectivity index (χ1v) is 5.93. The van der Waals surface area contributed by atoms with E-state index in [9.17, 15) is 0 Å². The van der Waals surface area contributed by atoms with Crippen molar-refractivity contribution in [3.8, 4) is 11.1 Å². The molecule has 0 bridgehead atoms. The predicted molar refractivity (Wildman–Crippen MR) is 71.2 cm³/mol. The molecule has 1 N–H and O–H groups in total. The van der Waals surface area contributed by atoms with Gasteiger partial charge in [0.25, 0.3) is 0 Å². The van der Waals surface area contributed by atoms with Gasteiger partial charge in [-0.1, -0.05) is 18.2 Å². The van der Waals surface area contributed by atoms with Gasteiger partial charge in [0.05, 0.1) is 12.0 Å². The van der Waals surface area contributed by atoms with E-state index < -0.39 is 0 Å². The lowest BCUT2D eigenvalue weighted by Crippen LogP contribution is -2.07. The molecule has 4 heteroatoms. The van der Waals surface area contributed by atoms with Crippen molar-refractivity contribution in [1.29, 1.82) is 0 Å². The van der Waals surface area contributed by atoms with Crippen LogP contribution < -0.4 is 5.32 Å². The third-order valence-corrected chi connectivity index (χ3v) is 3.02. The van der Waals surface area contributed by atoms with Crippen LogP contribution in [0.4, 0.5) is 0 Å². The quantitative estimate of drug-likeness (QED) is 0.766. The molecular weight excluding hydrogens is 226 g/mol. The zero-order chi connectivity index (χ0) is 12.5. The van der Waals surface area contributed by atoms with Gasteiger partial charge in [-0.2, -0.15) is 5.10 Å². The van der Waals surface area contributed by atoms with Gasteiger partial charge in [-0.15, -0.1) is 0 Å². The average molecular weight is 241 g/mol. The molecule has 0 spiro atoms. The Morgan fingerprint density at radius 1 is 1.28 bits per heavy atom. The lowest BCUT2D eigenvalue weighted by atomic mass is 10.1. The normalized spacial score (nSPS) is 11.2. The highest BCUT2D eigenvalue weighted by atomic mass is 16.3. The molecule has 0 amide bonds. The molecule has 2 aromatic heterocycles. The monoisotopic (exact) mass is 241 g/mol. The summed E-state index contributed by atoms with van der Waals surface area (Å²) in [5.74, 6) is 0. The van der Waals surface area contributed by atoms with Crippen molar-refractivity contribution in [1.82, 2.24) is 15.1 Å². The molecule has 0 saturated carbocycles. The van der Waals surface area contributed by atoms with Crippen LogP contribution in [0.5, 0.6) is 0 Å². The summed E-state index contributed by atoms with van der Waals surface area (Å²) in [6.07, 6.45) is 3.84. The van der Waals surface area contributed by atoms with E-state index in [-0.39, 0.29) is 0 Å². The first-order valence-electron chi connectivity index (χ1n) is 5.93. The molecule has 0 aliphatic heterocycles. The zero-order valence-corrected chi connectivity index (χ0v) is 10.5. The molecule has 0 fully saturated rings. The van der Waals surface area contributed by atoms with Crippen LogP contribution in [0.15, 0.2) is 41.1 Å². The summed E-state index contributed by atoms with van der Waals surface area (Å²) in [6.45, 7) is 0.746. The molecule has 4 nitrogen and oxygen atoms in total. The molecule has 18 heavy (non-hydrogen) atoms. The average Bonchev–Trinajstić information content (AvgIpc) is 2.93. The van der Waals surface area contributed by atoms with Gasteiger partial charge >= 0.3 is 0 Å². The summed E-state index contributed by atoms with van der Waals surface area (Å²) in [5, 5.41) is 8.74. The fourth-order valence-corrected chi connectivity index (χ4v) is 2.24. The molecular formula is C14H15N3O. The van der Waals surface area contributed by atoms with Crippen molar-refractivity contribution in [2.75, 3.05) is 7.05 Å². The number of benzene rings is 1. The lowest BCUT2D eigenvalue weighted by Gasteiger charge is -1.99. The van der Waals surface area contributed by atoms with Gasteiger partial charge in [0.1, 0.15) is 5.58 Å². The summed E-state index contributed by atoms with van der Waals surface area (Å²) in [7, 11) is 3.86. The highest BCUT2D eigenvalue weighted by molar-refractivity contribution is 5.94. The van der Waals surface area contributed by atoms with Gasteiger partial charge < -0.3 is 9.73 Å². The Morgan fingerprint density at radius 3 is 2.94 bits per heavy atom. The van der Waals surface area contributed by atoms with Crippen LogP contribution in [-0.2, 0) is 13.6 Å². The van der Waals surface area contributed by atoms with E-state index in [4.69, 9.17) is 4.42 Å². The maximum atomic E-state index is 5.59. The van der Waals surface area contributed by atoms with Crippen molar-refractivity contribution >= 4 is 11.0 Å². The van der Waals surface area contributed by atoms with Crippen molar-refractivity contribution in [2.45, 2.75) is 6.54 Å². The number of para-hydroxylation sites is 1. The second kappa shape index (κ2) is 4.31. The summed E-state index contributed by atoms with van der Waals surface area (Å²) in [4.78, 5) is 0. The smallest absolute Gasteiger partial charge is 0.134 e. The molecule has 0 aliphatic rings. The minimum absolute atomic E-state index is 0.746. The van der Waals surface area contributed by atoms with Gasteiger partial charge in [0.2, 0.25) is 0 Å². The van der Waals surface area contributed by atoms with E-state index in [1.54, 1.807) is 6.26 Å². The van der Waals surface area contributed by atoms with Crippen LogP contribution in [0.3, 0.4) is 0 Å². The number of nitrogens with one attached hydrogen (secondary N) is 1. The van der Waals surface area contributed by atoms with Crippen LogP contribution in [0.25, 0.3) is 22.1 Å². The maximum Gasteiger partial charge on any atom is 0.134 e. The number of hydrogen-bond acceptors (Lipinski definition) is 3. The predicted octanol–water partition coefficient (Wildman–Crippen LogP) is 2.55. The topological polar surface area (TPSA) is 43.0 Å². The standard InChI is InChI=1S/C14H15N3O/c1-15-7-13-11(8-17(2)16-13)12-9-18-14-6-4-3-5-10(12)14/h3-6,8-9,15H,7H2,1-2H3. The molecule has 3 aromatic rings. The lowest BCUT2D eigenvalue weighted by molar-refractivity contribution is 0.617. The largest absolute Gasteiger partial charge is 0.464 e. The highest BCUT2D eigenvalue weighted by Gasteiger charge is 2.14. The molecule has 1 aromatic carbocycles. The molecule has 92 valence electrons. The van der Waals surface area contributed by atoms with Crippen LogP contribution >= 0.6 is 0 Å². The fraction of sp³-hybridized carbons (Fsp3) is 0.214. The van der Waals surface area contributed by atoms with E-state index in [1.807, 2.05) is 43.2 Å². The van der Waals surface area contributed by atoms with Gasteiger partial charge in [0.15, 0.2) is 0 Å². The number of aromatic nitrogens is 2. The number of nitrogens with zero attached hydrogens (tertiary/aromatic N) is 2. The van der Waals surface area contributed by atoms with Crippen molar-refractivity contribution in [3.05, 3.63) is 42.4 Å². The Balaban J connectivity index is 2.19. The summed E-state index contributed by atoms with van der Waals surface area (Å²) in [6, 6.07) is 8.06. The van der Waals surface area contributed by atoms with Gasteiger partial charge in [-0.3, -0.25) is 4.68 Å². The second-order valence-electron chi connectivity index (χ2n) is 4.34. The highest BCUT2D eigenvalue weighted by Crippen LogP contribution is 2.32. The van der Waals surface area contributed by atoms with Crippen molar-refractivity contribution < 1.29 is 4.42 Å². The van der Waals surface area contributed by atoms with Crippen molar-refractivity contribution in [2.24, 2.45) is 7.05 Å². The van der Waals surface area contributed by atoms with Crippen LogP contribution in [0.1, 0.15) is 5.69 Å². The third-order valence-electron chi connectivity index (χ3n) is 3.02. The van der Waals surface area contributed by atoms with Crippen molar-refractivity contribution in [3.63, 3.8) is 0 Å². The molecule has 0 saturated heterocycles. The van der Waals surface area contributed by atoms with E-state index in [1.165, 1.54) is 0 Å². The number of hydrogen-bond donors (Lipinski definition) is 1. The fourth-order valence-electron chi connectivity index (χ4n) is 2.24. The number of fused-ring (bicyclic) bond motifs is 1. The number of rotatable bonds is 3. The summed E-state index contributed by atoms with van der Waals surface area (Å²) >= 11 is 0. The Kier molecular flexibility index (Phi) is 2.64. The Hall–Kier alpha value is -2.07. The van der Waals surface area contributed by atoms with E-state index in [0.717, 1.165) is 34.3 Å². The minimum atomic E-state index is 0.746. The minimum Gasteiger partial charge on any atom is -0.464 e. The first kappa shape index (κ1) is 11.0. The summed E-state index contributed by atoms with van der Waals surface area (Å²) < 4.78 is 7.43. The molecule has 0 unspecified atom stereocenters. The van der Waals surface area contributed by atoms with Crippen LogP contribution in [0.2, 0.25) is 0 Å². The Morgan fingerprint density at radius 2 is 2.11 bits per heavy atom. The number of aryl methyl sites for hydroxylation is 1. The molecule has 2 heterocycles. The Bertz CT molecular complexity index is 681. The molecule has 3 rings (SSSR count). The SMILES string of the molecule is CNCc1nn(C)cc1-c1coc2ccccc12. The van der Waals surface area contributed by atoms with Crippen LogP contribution in [0, 0.1) is 0 Å². The summed E-state index contributed by atoms with van der Waals surface area (Å²) in [5.41, 5.74) is 4.17. The van der Waals surface area contributed by atoms with Gasteiger partial charge in [-0.25, -0.2) is 0 Å². The van der Waals surface area contributed by atoms with E-state index >= 15 is 0 Å². The van der Waals surface area contributed by atoms with Crippen LogP contribution in [-0.4, -0.2) is 16.8 Å². The second-order valence-corrected chi connectivity index (χ2v) is 4.34. The maximum absolute atomic E-state index is 5.59. The molecule has 0 aliphatic carbocycles. The van der Waals surface area contributed by atoms with Gasteiger partial charge in [-0.05, 0) is 13.1 Å². The molecule has 0 atom stereocenters. The first-order chi connectivity index (χ1) is 8.79. The van der Waals surface area contributed by atoms with E-state index in [2.05, 4.69) is 16.5 Å². The third kappa shape index (κ3) is 1.71. The number of furan rings is 1. The molecule has 0 radical (unpaired) electrons. The Labute approximate surface area is 105 Å². The zero-order valence-electron chi connectivity index (χ0n) is 10.5. The van der Waals surface area contributed by atoms with Gasteiger partial charge in [0, 0.05) is 36.3 Å². The van der Waals surface area contributed by atoms with E-state index in [0.29, 0.717) is 0 Å².